The average molecular weight is 414 g/mol. The Labute approximate surface area is 131 Å². The van der Waals surface area contributed by atoms with Crippen LogP contribution in [-0.4, -0.2) is 7.05 Å². The van der Waals surface area contributed by atoms with Gasteiger partial charge in [-0.05, 0) is 56.6 Å². The van der Waals surface area contributed by atoms with E-state index in [-0.39, 0.29) is 11.1 Å². The highest BCUT2D eigenvalue weighted by Crippen LogP contribution is 2.39. The maximum Gasteiger partial charge on any atom is 0.142 e. The first-order chi connectivity index (χ1) is 8.54. The first-order valence-corrected chi connectivity index (χ1v) is 7.88. The molecule has 0 fully saturated rings. The van der Waals surface area contributed by atoms with Gasteiger partial charge in [-0.2, -0.15) is 0 Å². The van der Waals surface area contributed by atoms with Crippen LogP contribution in [0.5, 0.6) is 0 Å². The lowest BCUT2D eigenvalue weighted by atomic mass is 10.1. The molecule has 1 heterocycles. The van der Waals surface area contributed by atoms with Crippen molar-refractivity contribution in [3.05, 3.63) is 53.8 Å². The zero-order valence-electron chi connectivity index (χ0n) is 9.31. The zero-order valence-corrected chi connectivity index (χ0v) is 14.1. The van der Waals surface area contributed by atoms with Gasteiger partial charge < -0.3 is 5.32 Å². The van der Waals surface area contributed by atoms with Gasteiger partial charge in [0.25, 0.3) is 0 Å². The number of hydrogen-bond donors (Lipinski definition) is 1. The Kier molecular flexibility index (Phi) is 4.83. The van der Waals surface area contributed by atoms with Gasteiger partial charge in [-0.3, -0.25) is 0 Å². The fraction of sp³-hybridized carbons (Fsp3) is 0.167. The monoisotopic (exact) mass is 411 g/mol. The summed E-state index contributed by atoms with van der Waals surface area (Å²) in [4.78, 5) is 1.06. The standard InChI is InChI=1S/C12H9Br2ClFNS/c1-17-11(9-5-7(13)12(14)18-9)6-3-2-4-8(16)10(6)15/h2-5,11,17H,1H3. The molecule has 0 bridgehead atoms. The van der Waals surface area contributed by atoms with Crippen molar-refractivity contribution in [2.45, 2.75) is 6.04 Å². The molecule has 18 heavy (non-hydrogen) atoms. The van der Waals surface area contributed by atoms with Crippen LogP contribution in [0.15, 0.2) is 32.5 Å². The molecular weight excluding hydrogens is 404 g/mol. The molecular formula is C12H9Br2ClFNS. The number of thiophene rings is 1. The Morgan fingerprint density at radius 1 is 1.39 bits per heavy atom. The summed E-state index contributed by atoms with van der Waals surface area (Å²) < 4.78 is 15.5. The maximum absolute atomic E-state index is 13.5. The first-order valence-electron chi connectivity index (χ1n) is 5.10. The second-order valence-corrected chi connectivity index (χ2v) is 7.27. The fourth-order valence-electron chi connectivity index (χ4n) is 1.70. The molecule has 0 aliphatic heterocycles. The van der Waals surface area contributed by atoms with Gasteiger partial charge in [0, 0.05) is 9.35 Å². The van der Waals surface area contributed by atoms with Gasteiger partial charge >= 0.3 is 0 Å². The van der Waals surface area contributed by atoms with Gasteiger partial charge in [0.2, 0.25) is 0 Å². The molecule has 0 saturated carbocycles. The van der Waals surface area contributed by atoms with Crippen LogP contribution in [0.2, 0.25) is 5.02 Å². The van der Waals surface area contributed by atoms with E-state index in [9.17, 15) is 4.39 Å². The van der Waals surface area contributed by atoms with E-state index in [0.29, 0.717) is 0 Å². The van der Waals surface area contributed by atoms with E-state index in [1.54, 1.807) is 17.4 Å². The van der Waals surface area contributed by atoms with Gasteiger partial charge in [0.05, 0.1) is 14.9 Å². The van der Waals surface area contributed by atoms with Crippen molar-refractivity contribution >= 4 is 54.8 Å². The third kappa shape index (κ3) is 2.80. The minimum atomic E-state index is -0.399. The van der Waals surface area contributed by atoms with E-state index < -0.39 is 5.82 Å². The number of rotatable bonds is 3. The van der Waals surface area contributed by atoms with Crippen LogP contribution in [0.4, 0.5) is 4.39 Å². The van der Waals surface area contributed by atoms with Crippen molar-refractivity contribution in [2.75, 3.05) is 7.05 Å². The van der Waals surface area contributed by atoms with Crippen molar-refractivity contribution in [3.8, 4) is 0 Å². The Morgan fingerprint density at radius 3 is 2.67 bits per heavy atom. The molecule has 0 amide bonds. The van der Waals surface area contributed by atoms with E-state index >= 15 is 0 Å². The Balaban J connectivity index is 2.48. The molecule has 0 saturated heterocycles. The molecule has 6 heteroatoms. The Hall–Kier alpha value is 0.0600. The van der Waals surface area contributed by atoms with Crippen LogP contribution in [0.25, 0.3) is 0 Å². The van der Waals surface area contributed by atoms with Crippen molar-refractivity contribution in [1.82, 2.24) is 5.32 Å². The van der Waals surface area contributed by atoms with E-state index in [1.165, 1.54) is 6.07 Å². The van der Waals surface area contributed by atoms with Crippen LogP contribution < -0.4 is 5.32 Å². The summed E-state index contributed by atoms with van der Waals surface area (Å²) in [6, 6.07) is 6.73. The SMILES string of the molecule is CNC(c1cc(Br)c(Br)s1)c1cccc(F)c1Cl. The molecule has 1 N–H and O–H groups in total. The van der Waals surface area contributed by atoms with Gasteiger partial charge in [-0.1, -0.05) is 23.7 Å². The number of nitrogens with one attached hydrogen (secondary N) is 1. The average Bonchev–Trinajstić information content (AvgIpc) is 2.66. The fourth-order valence-corrected chi connectivity index (χ4v) is 4.15. The van der Waals surface area contributed by atoms with E-state index in [0.717, 1.165) is 18.7 Å². The van der Waals surface area contributed by atoms with Crippen LogP contribution in [0.1, 0.15) is 16.5 Å². The molecule has 0 aliphatic rings. The summed E-state index contributed by atoms with van der Waals surface area (Å²) >= 11 is 14.5. The molecule has 0 radical (unpaired) electrons. The highest BCUT2D eigenvalue weighted by atomic mass is 79.9. The van der Waals surface area contributed by atoms with Crippen LogP contribution in [0.3, 0.4) is 0 Å². The quantitative estimate of drug-likeness (QED) is 0.713. The summed E-state index contributed by atoms with van der Waals surface area (Å²) in [5, 5.41) is 3.33. The summed E-state index contributed by atoms with van der Waals surface area (Å²) in [6.07, 6.45) is 0. The molecule has 1 nitrogen and oxygen atoms in total. The summed E-state index contributed by atoms with van der Waals surface area (Å²) in [6.45, 7) is 0. The lowest BCUT2D eigenvalue weighted by molar-refractivity contribution is 0.618. The van der Waals surface area contributed by atoms with Crippen molar-refractivity contribution < 1.29 is 4.39 Å². The third-order valence-electron chi connectivity index (χ3n) is 2.53. The summed E-state index contributed by atoms with van der Waals surface area (Å²) in [5.41, 5.74) is 0.736. The smallest absolute Gasteiger partial charge is 0.142 e. The van der Waals surface area contributed by atoms with Crippen LogP contribution in [0, 0.1) is 5.82 Å². The molecule has 96 valence electrons. The van der Waals surface area contributed by atoms with E-state index in [2.05, 4.69) is 37.2 Å². The van der Waals surface area contributed by atoms with Gasteiger partial charge in [-0.15, -0.1) is 11.3 Å². The van der Waals surface area contributed by atoms with Crippen molar-refractivity contribution in [2.24, 2.45) is 0 Å². The molecule has 1 atom stereocenters. The normalized spacial score (nSPS) is 12.7. The van der Waals surface area contributed by atoms with E-state index in [4.69, 9.17) is 11.6 Å². The molecule has 1 aromatic heterocycles. The van der Waals surface area contributed by atoms with Gasteiger partial charge in [-0.25, -0.2) is 4.39 Å². The predicted octanol–water partition coefficient (Wildman–Crippen LogP) is 5.37. The number of hydrogen-bond acceptors (Lipinski definition) is 2. The minimum absolute atomic E-state index is 0.124. The highest BCUT2D eigenvalue weighted by molar-refractivity contribution is 9.13. The molecule has 1 unspecified atom stereocenters. The topological polar surface area (TPSA) is 12.0 Å². The largest absolute Gasteiger partial charge is 0.309 e. The number of halogens is 4. The van der Waals surface area contributed by atoms with Gasteiger partial charge in [0.15, 0.2) is 0 Å². The molecule has 1 aromatic carbocycles. The number of benzene rings is 1. The summed E-state index contributed by atoms with van der Waals surface area (Å²) in [5.74, 6) is -0.399. The molecule has 2 rings (SSSR count). The second-order valence-electron chi connectivity index (χ2n) is 3.64. The first kappa shape index (κ1) is 14.5. The van der Waals surface area contributed by atoms with Crippen molar-refractivity contribution in [3.63, 3.8) is 0 Å². The summed E-state index contributed by atoms with van der Waals surface area (Å²) in [7, 11) is 1.83. The Bertz CT molecular complexity index is 554. The zero-order chi connectivity index (χ0) is 13.3. The Morgan fingerprint density at radius 2 is 2.11 bits per heavy atom. The second kappa shape index (κ2) is 6.01. The van der Waals surface area contributed by atoms with Crippen LogP contribution in [-0.2, 0) is 0 Å². The minimum Gasteiger partial charge on any atom is -0.309 e. The lowest BCUT2D eigenvalue weighted by Crippen LogP contribution is -2.17. The molecule has 0 spiro atoms. The maximum atomic E-state index is 13.5. The highest BCUT2D eigenvalue weighted by Gasteiger charge is 2.20. The van der Waals surface area contributed by atoms with Crippen molar-refractivity contribution in [1.29, 1.82) is 0 Å². The van der Waals surface area contributed by atoms with E-state index in [1.807, 2.05) is 19.2 Å². The van der Waals surface area contributed by atoms with Crippen LogP contribution >= 0.6 is 54.8 Å². The molecule has 0 aliphatic carbocycles. The molecule has 2 aromatic rings. The predicted molar refractivity (Wildman–Crippen MR) is 82.0 cm³/mol. The lowest BCUT2D eigenvalue weighted by Gasteiger charge is -2.16. The third-order valence-corrected chi connectivity index (χ3v) is 6.25. The van der Waals surface area contributed by atoms with Gasteiger partial charge in [0.1, 0.15) is 5.82 Å².